The van der Waals surface area contributed by atoms with Gasteiger partial charge in [-0.2, -0.15) is 13.2 Å². The molecule has 3 N–H and O–H groups in total. The van der Waals surface area contributed by atoms with Crippen LogP contribution in [0, 0.1) is 0 Å². The van der Waals surface area contributed by atoms with Crippen molar-refractivity contribution >= 4 is 5.91 Å². The molecule has 0 aromatic heterocycles. The molecule has 3 nitrogen and oxygen atoms in total. The molecule has 0 aliphatic heterocycles. The molecule has 1 unspecified atom stereocenters. The fourth-order valence-electron chi connectivity index (χ4n) is 1.71. The second-order valence-corrected chi connectivity index (χ2v) is 4.41. The van der Waals surface area contributed by atoms with Crippen molar-refractivity contribution in [3.8, 4) is 0 Å². The Hall–Kier alpha value is -1.56. The quantitative estimate of drug-likeness (QED) is 0.864. The van der Waals surface area contributed by atoms with Gasteiger partial charge in [-0.3, -0.25) is 4.79 Å². The molecule has 19 heavy (non-hydrogen) atoms. The summed E-state index contributed by atoms with van der Waals surface area (Å²) in [5, 5.41) is 2.73. The number of benzene rings is 1. The first-order chi connectivity index (χ1) is 8.82. The summed E-state index contributed by atoms with van der Waals surface area (Å²) >= 11 is 0. The first-order valence-electron chi connectivity index (χ1n) is 5.98. The third-order valence-electron chi connectivity index (χ3n) is 2.60. The van der Waals surface area contributed by atoms with Crippen LogP contribution in [-0.4, -0.2) is 18.5 Å². The van der Waals surface area contributed by atoms with Crippen molar-refractivity contribution in [1.82, 2.24) is 5.32 Å². The van der Waals surface area contributed by atoms with Crippen molar-refractivity contribution in [2.45, 2.75) is 32.0 Å². The number of halogens is 3. The van der Waals surface area contributed by atoms with E-state index >= 15 is 0 Å². The van der Waals surface area contributed by atoms with E-state index in [1.807, 2.05) is 0 Å². The van der Waals surface area contributed by atoms with Gasteiger partial charge in [-0.15, -0.1) is 0 Å². The van der Waals surface area contributed by atoms with Crippen LogP contribution in [0.1, 0.15) is 24.5 Å². The van der Waals surface area contributed by atoms with Gasteiger partial charge in [0.05, 0.1) is 5.56 Å². The number of amides is 1. The second-order valence-electron chi connectivity index (χ2n) is 4.41. The van der Waals surface area contributed by atoms with Crippen LogP contribution < -0.4 is 11.1 Å². The number of rotatable bonds is 5. The first-order valence-corrected chi connectivity index (χ1v) is 5.98. The predicted octanol–water partition coefficient (Wildman–Crippen LogP) is 2.10. The number of carbonyl (C=O) groups is 1. The molecule has 1 rings (SSSR count). The number of nitrogens with two attached hydrogens (primary N) is 1. The van der Waals surface area contributed by atoms with Gasteiger partial charge in [-0.05, 0) is 31.0 Å². The molecule has 0 bridgehead atoms. The van der Waals surface area contributed by atoms with Crippen molar-refractivity contribution < 1.29 is 18.0 Å². The maximum absolute atomic E-state index is 12.4. The van der Waals surface area contributed by atoms with E-state index in [4.69, 9.17) is 5.73 Å². The smallest absolute Gasteiger partial charge is 0.353 e. The van der Waals surface area contributed by atoms with E-state index in [0.29, 0.717) is 6.42 Å². The maximum Gasteiger partial charge on any atom is 0.416 e. The molecule has 0 aliphatic rings. The number of hydrogen-bond donors (Lipinski definition) is 2. The highest BCUT2D eigenvalue weighted by Gasteiger charge is 2.29. The Balaban J connectivity index is 2.56. The Kier molecular flexibility index (Phi) is 5.35. The van der Waals surface area contributed by atoms with E-state index in [-0.39, 0.29) is 24.9 Å². The first kappa shape index (κ1) is 15.5. The predicted molar refractivity (Wildman–Crippen MR) is 66.4 cm³/mol. The van der Waals surface area contributed by atoms with Crippen LogP contribution in [0.2, 0.25) is 0 Å². The van der Waals surface area contributed by atoms with E-state index in [1.165, 1.54) is 12.1 Å². The minimum absolute atomic E-state index is 0.143. The van der Waals surface area contributed by atoms with Crippen molar-refractivity contribution in [3.63, 3.8) is 0 Å². The zero-order valence-corrected chi connectivity index (χ0v) is 10.6. The molecule has 0 aliphatic carbocycles. The van der Waals surface area contributed by atoms with Gasteiger partial charge >= 0.3 is 6.18 Å². The summed E-state index contributed by atoms with van der Waals surface area (Å²) in [6, 6.07) is 4.80. The van der Waals surface area contributed by atoms with Crippen LogP contribution in [0.3, 0.4) is 0 Å². The number of hydrogen-bond acceptors (Lipinski definition) is 2. The molecule has 0 spiro atoms. The highest BCUT2D eigenvalue weighted by molar-refractivity contribution is 5.76. The summed E-state index contributed by atoms with van der Waals surface area (Å²) in [6.45, 7) is 2.07. The molecule has 1 aromatic carbocycles. The zero-order chi connectivity index (χ0) is 14.5. The van der Waals surface area contributed by atoms with Crippen LogP contribution in [0.25, 0.3) is 0 Å². The van der Waals surface area contributed by atoms with Crippen LogP contribution in [0.15, 0.2) is 24.3 Å². The highest BCUT2D eigenvalue weighted by atomic mass is 19.4. The summed E-state index contributed by atoms with van der Waals surface area (Å²) in [4.78, 5) is 11.3. The molecule has 0 fully saturated rings. The SMILES string of the molecule is CC(Cc1ccc(C(F)(F)F)cc1)NC(=O)CCN. The maximum atomic E-state index is 12.4. The fourth-order valence-corrected chi connectivity index (χ4v) is 1.71. The van der Waals surface area contributed by atoms with E-state index < -0.39 is 11.7 Å². The van der Waals surface area contributed by atoms with Crippen molar-refractivity contribution in [2.75, 3.05) is 6.54 Å². The third kappa shape index (κ3) is 5.30. The average molecular weight is 274 g/mol. The molecule has 1 amide bonds. The summed E-state index contributed by atoms with van der Waals surface area (Å²) in [7, 11) is 0. The van der Waals surface area contributed by atoms with E-state index in [2.05, 4.69) is 5.32 Å². The van der Waals surface area contributed by atoms with Gasteiger partial charge in [0.25, 0.3) is 0 Å². The van der Waals surface area contributed by atoms with Crippen LogP contribution >= 0.6 is 0 Å². The van der Waals surface area contributed by atoms with Gasteiger partial charge in [0.2, 0.25) is 5.91 Å². The lowest BCUT2D eigenvalue weighted by Crippen LogP contribution is -2.35. The van der Waals surface area contributed by atoms with Gasteiger partial charge in [-0.1, -0.05) is 12.1 Å². The van der Waals surface area contributed by atoms with Gasteiger partial charge in [0, 0.05) is 19.0 Å². The molecule has 1 atom stereocenters. The summed E-state index contributed by atoms with van der Waals surface area (Å²) in [5.41, 5.74) is 5.32. The normalized spacial score (nSPS) is 13.1. The minimum Gasteiger partial charge on any atom is -0.353 e. The molecule has 106 valence electrons. The molecule has 6 heteroatoms. The fraction of sp³-hybridized carbons (Fsp3) is 0.462. The topological polar surface area (TPSA) is 55.1 Å². The Bertz CT molecular complexity index is 415. The number of alkyl halides is 3. The van der Waals surface area contributed by atoms with E-state index in [9.17, 15) is 18.0 Å². The third-order valence-corrected chi connectivity index (χ3v) is 2.60. The summed E-state index contributed by atoms with van der Waals surface area (Å²) in [5.74, 6) is -0.151. The van der Waals surface area contributed by atoms with Crippen molar-refractivity contribution in [2.24, 2.45) is 5.73 Å². The molecule has 0 heterocycles. The Morgan fingerprint density at radius 2 is 1.89 bits per heavy atom. The average Bonchev–Trinajstić information content (AvgIpc) is 2.28. The summed E-state index contributed by atoms with van der Waals surface area (Å²) < 4.78 is 37.1. The van der Waals surface area contributed by atoms with Gasteiger partial charge in [0.1, 0.15) is 0 Å². The zero-order valence-electron chi connectivity index (χ0n) is 10.6. The summed E-state index contributed by atoms with van der Waals surface area (Å²) in [6.07, 6.45) is -3.59. The molecule has 0 saturated heterocycles. The van der Waals surface area contributed by atoms with E-state index in [0.717, 1.165) is 17.7 Å². The lowest BCUT2D eigenvalue weighted by atomic mass is 10.0. The van der Waals surface area contributed by atoms with Gasteiger partial charge in [0.15, 0.2) is 0 Å². The lowest BCUT2D eigenvalue weighted by Gasteiger charge is -2.14. The lowest BCUT2D eigenvalue weighted by molar-refractivity contribution is -0.137. The monoisotopic (exact) mass is 274 g/mol. The van der Waals surface area contributed by atoms with E-state index in [1.54, 1.807) is 6.92 Å². The van der Waals surface area contributed by atoms with Crippen molar-refractivity contribution in [1.29, 1.82) is 0 Å². The second kappa shape index (κ2) is 6.56. The highest BCUT2D eigenvalue weighted by Crippen LogP contribution is 2.29. The standard InChI is InChI=1S/C13H17F3N2O/c1-9(18-12(19)6-7-17)8-10-2-4-11(5-3-10)13(14,15)16/h2-5,9H,6-8,17H2,1H3,(H,18,19). The molecule has 0 radical (unpaired) electrons. The Labute approximate surface area is 110 Å². The van der Waals surface area contributed by atoms with Crippen LogP contribution in [0.4, 0.5) is 13.2 Å². The van der Waals surface area contributed by atoms with Gasteiger partial charge < -0.3 is 11.1 Å². The Morgan fingerprint density at radius 1 is 1.32 bits per heavy atom. The van der Waals surface area contributed by atoms with Crippen LogP contribution in [-0.2, 0) is 17.4 Å². The largest absolute Gasteiger partial charge is 0.416 e. The molecule has 1 aromatic rings. The number of nitrogens with one attached hydrogen (secondary N) is 1. The molecular formula is C13H17F3N2O. The number of carbonyl (C=O) groups excluding carboxylic acids is 1. The molecular weight excluding hydrogens is 257 g/mol. The minimum atomic E-state index is -4.32. The Morgan fingerprint density at radius 3 is 2.37 bits per heavy atom. The van der Waals surface area contributed by atoms with Crippen LogP contribution in [0.5, 0.6) is 0 Å². The molecule has 0 saturated carbocycles. The van der Waals surface area contributed by atoms with Crippen molar-refractivity contribution in [3.05, 3.63) is 35.4 Å². The van der Waals surface area contributed by atoms with Gasteiger partial charge in [-0.25, -0.2) is 0 Å².